The molecule has 1 aromatic heterocycles. The molecule has 2 amide bonds. The van der Waals surface area contributed by atoms with E-state index in [-0.39, 0.29) is 12.1 Å². The number of hydrogen-bond donors (Lipinski definition) is 1. The maximum atomic E-state index is 12.6. The molecule has 1 atom stereocenters. The smallest absolute Gasteiger partial charge is 0.321 e. The average Bonchev–Trinajstić information content (AvgIpc) is 2.69. The number of carbonyl (C=O) groups is 1. The fourth-order valence-corrected chi connectivity index (χ4v) is 3.02. The molecule has 144 valence electrons. The van der Waals surface area contributed by atoms with E-state index in [9.17, 15) is 4.79 Å². The predicted octanol–water partition coefficient (Wildman–Crippen LogP) is 3.33. The van der Waals surface area contributed by atoms with Gasteiger partial charge < -0.3 is 24.4 Å². The van der Waals surface area contributed by atoms with Gasteiger partial charge in [0.15, 0.2) is 0 Å². The third-order valence-electron chi connectivity index (χ3n) is 4.14. The average molecular weight is 437 g/mol. The minimum absolute atomic E-state index is 0.148. The summed E-state index contributed by atoms with van der Waals surface area (Å²) in [6, 6.07) is 5.35. The Bertz CT molecular complexity index is 765. The van der Waals surface area contributed by atoms with Crippen LogP contribution in [-0.2, 0) is 0 Å². The highest BCUT2D eigenvalue weighted by Crippen LogP contribution is 2.26. The summed E-state index contributed by atoms with van der Waals surface area (Å²) in [5.74, 6) is 1.22. The lowest BCUT2D eigenvalue weighted by molar-refractivity contribution is 0.0982. The SMILES string of the molecule is COc1cc(NC(=O)N2CCCC(Oc3ncc(Br)cn3)C2)cc(OC)c1. The van der Waals surface area contributed by atoms with Gasteiger partial charge in [-0.2, -0.15) is 0 Å². The van der Waals surface area contributed by atoms with Crippen LogP contribution in [-0.4, -0.2) is 54.3 Å². The number of aromatic nitrogens is 2. The number of hydrogen-bond acceptors (Lipinski definition) is 6. The van der Waals surface area contributed by atoms with Crippen LogP contribution in [0.15, 0.2) is 35.1 Å². The first-order chi connectivity index (χ1) is 13.1. The maximum absolute atomic E-state index is 12.6. The quantitative estimate of drug-likeness (QED) is 0.773. The number of nitrogens with zero attached hydrogens (tertiary/aromatic N) is 3. The summed E-state index contributed by atoms with van der Waals surface area (Å²) >= 11 is 3.29. The first-order valence-electron chi connectivity index (χ1n) is 8.50. The third kappa shape index (κ3) is 5.22. The molecule has 1 unspecified atom stereocenters. The van der Waals surface area contributed by atoms with Crippen molar-refractivity contribution in [3.05, 3.63) is 35.1 Å². The molecule has 1 aliphatic heterocycles. The van der Waals surface area contributed by atoms with Gasteiger partial charge in [-0.25, -0.2) is 14.8 Å². The van der Waals surface area contributed by atoms with E-state index in [2.05, 4.69) is 31.2 Å². The molecule has 0 radical (unpaired) electrons. The molecule has 2 heterocycles. The Labute approximate surface area is 166 Å². The molecule has 3 rings (SSSR count). The molecule has 1 aliphatic rings. The third-order valence-corrected chi connectivity index (χ3v) is 4.55. The topological polar surface area (TPSA) is 85.8 Å². The zero-order valence-corrected chi connectivity index (χ0v) is 16.7. The van der Waals surface area contributed by atoms with Crippen LogP contribution in [0.25, 0.3) is 0 Å². The van der Waals surface area contributed by atoms with E-state index in [1.54, 1.807) is 49.7 Å². The number of piperidine rings is 1. The van der Waals surface area contributed by atoms with Crippen molar-refractivity contribution >= 4 is 27.6 Å². The number of benzene rings is 1. The van der Waals surface area contributed by atoms with Crippen molar-refractivity contribution in [2.24, 2.45) is 0 Å². The number of ether oxygens (including phenoxy) is 3. The minimum Gasteiger partial charge on any atom is -0.497 e. The van der Waals surface area contributed by atoms with Gasteiger partial charge in [-0.1, -0.05) is 0 Å². The van der Waals surface area contributed by atoms with Crippen molar-refractivity contribution in [3.63, 3.8) is 0 Å². The Kier molecular flexibility index (Phi) is 6.33. The van der Waals surface area contributed by atoms with Crippen LogP contribution in [0.4, 0.5) is 10.5 Å². The van der Waals surface area contributed by atoms with E-state index in [1.165, 1.54) is 0 Å². The molecule has 1 aromatic carbocycles. The van der Waals surface area contributed by atoms with Crippen molar-refractivity contribution in [2.45, 2.75) is 18.9 Å². The number of methoxy groups -OCH3 is 2. The Hall–Kier alpha value is -2.55. The minimum atomic E-state index is -0.199. The second-order valence-corrected chi connectivity index (χ2v) is 6.96. The maximum Gasteiger partial charge on any atom is 0.321 e. The first kappa shape index (κ1) is 19.2. The lowest BCUT2D eigenvalue weighted by atomic mass is 10.1. The largest absolute Gasteiger partial charge is 0.497 e. The molecule has 8 nitrogen and oxygen atoms in total. The van der Waals surface area contributed by atoms with Crippen molar-refractivity contribution < 1.29 is 19.0 Å². The number of nitrogens with one attached hydrogen (secondary N) is 1. The van der Waals surface area contributed by atoms with Crippen LogP contribution < -0.4 is 19.5 Å². The fraction of sp³-hybridized carbons (Fsp3) is 0.389. The zero-order chi connectivity index (χ0) is 19.2. The number of likely N-dealkylation sites (tertiary alicyclic amines) is 1. The van der Waals surface area contributed by atoms with Crippen LogP contribution in [0.3, 0.4) is 0 Å². The van der Waals surface area contributed by atoms with Crippen molar-refractivity contribution in [1.82, 2.24) is 14.9 Å². The van der Waals surface area contributed by atoms with Gasteiger partial charge in [-0.15, -0.1) is 0 Å². The zero-order valence-electron chi connectivity index (χ0n) is 15.1. The summed E-state index contributed by atoms with van der Waals surface area (Å²) in [7, 11) is 3.13. The number of amides is 2. The summed E-state index contributed by atoms with van der Waals surface area (Å²) in [5.41, 5.74) is 0.607. The molecule has 0 saturated carbocycles. The van der Waals surface area contributed by atoms with E-state index in [0.29, 0.717) is 36.3 Å². The Morgan fingerprint density at radius 1 is 1.19 bits per heavy atom. The lowest BCUT2D eigenvalue weighted by Crippen LogP contribution is -2.46. The Morgan fingerprint density at radius 2 is 1.85 bits per heavy atom. The summed E-state index contributed by atoms with van der Waals surface area (Å²) in [5, 5.41) is 2.89. The highest BCUT2D eigenvalue weighted by atomic mass is 79.9. The molecule has 2 aromatic rings. The van der Waals surface area contributed by atoms with Crippen LogP contribution in [0.5, 0.6) is 17.5 Å². The van der Waals surface area contributed by atoms with Gasteiger partial charge in [0.2, 0.25) is 0 Å². The second-order valence-electron chi connectivity index (χ2n) is 6.04. The van der Waals surface area contributed by atoms with Gasteiger partial charge in [-0.3, -0.25) is 0 Å². The first-order valence-corrected chi connectivity index (χ1v) is 9.30. The van der Waals surface area contributed by atoms with Crippen molar-refractivity contribution in [3.8, 4) is 17.5 Å². The molecule has 9 heteroatoms. The lowest BCUT2D eigenvalue weighted by Gasteiger charge is -2.32. The second kappa shape index (κ2) is 8.90. The molecular weight excluding hydrogens is 416 g/mol. The molecule has 1 saturated heterocycles. The summed E-state index contributed by atoms with van der Waals surface area (Å²) in [6.07, 6.45) is 4.80. The normalized spacial score (nSPS) is 16.6. The molecule has 0 aliphatic carbocycles. The number of halogens is 1. The summed E-state index contributed by atoms with van der Waals surface area (Å²) in [6.45, 7) is 1.13. The molecule has 1 N–H and O–H groups in total. The standard InChI is InChI=1S/C18H21BrN4O4/c1-25-15-6-13(7-16(8-15)26-2)22-18(24)23-5-3-4-14(11-23)27-17-20-9-12(19)10-21-17/h6-10,14H,3-5,11H2,1-2H3,(H,22,24). The van der Waals surface area contributed by atoms with E-state index in [0.717, 1.165) is 17.3 Å². The van der Waals surface area contributed by atoms with Gasteiger partial charge in [-0.05, 0) is 28.8 Å². The number of anilines is 1. The van der Waals surface area contributed by atoms with Gasteiger partial charge >= 0.3 is 12.0 Å². The molecule has 27 heavy (non-hydrogen) atoms. The predicted molar refractivity (Wildman–Crippen MR) is 104 cm³/mol. The number of carbonyl (C=O) groups excluding carboxylic acids is 1. The van der Waals surface area contributed by atoms with E-state index >= 15 is 0 Å². The van der Waals surface area contributed by atoms with Gasteiger partial charge in [0, 0.05) is 42.8 Å². The Morgan fingerprint density at radius 3 is 2.48 bits per heavy atom. The van der Waals surface area contributed by atoms with E-state index in [4.69, 9.17) is 14.2 Å². The molecular formula is C18H21BrN4O4. The van der Waals surface area contributed by atoms with Crippen molar-refractivity contribution in [2.75, 3.05) is 32.6 Å². The van der Waals surface area contributed by atoms with E-state index in [1.807, 2.05) is 0 Å². The van der Waals surface area contributed by atoms with Gasteiger partial charge in [0.25, 0.3) is 0 Å². The fourth-order valence-electron chi connectivity index (χ4n) is 2.81. The highest BCUT2D eigenvalue weighted by molar-refractivity contribution is 9.10. The van der Waals surface area contributed by atoms with E-state index < -0.39 is 0 Å². The van der Waals surface area contributed by atoms with Crippen LogP contribution in [0.1, 0.15) is 12.8 Å². The number of rotatable bonds is 5. The summed E-state index contributed by atoms with van der Waals surface area (Å²) < 4.78 is 17.1. The van der Waals surface area contributed by atoms with Gasteiger partial charge in [0.1, 0.15) is 17.6 Å². The Balaban J connectivity index is 1.62. The summed E-state index contributed by atoms with van der Waals surface area (Å²) in [4.78, 5) is 22.6. The number of urea groups is 1. The van der Waals surface area contributed by atoms with Crippen LogP contribution in [0, 0.1) is 0 Å². The van der Waals surface area contributed by atoms with Crippen molar-refractivity contribution in [1.29, 1.82) is 0 Å². The molecule has 0 spiro atoms. The monoisotopic (exact) mass is 436 g/mol. The van der Waals surface area contributed by atoms with Crippen LogP contribution >= 0.6 is 15.9 Å². The molecule has 1 fully saturated rings. The molecule has 0 bridgehead atoms. The highest BCUT2D eigenvalue weighted by Gasteiger charge is 2.25. The van der Waals surface area contributed by atoms with Gasteiger partial charge in [0.05, 0.1) is 25.2 Å². The van der Waals surface area contributed by atoms with Crippen LogP contribution in [0.2, 0.25) is 0 Å².